The monoisotopic (exact) mass is 200 g/mol. The minimum Gasteiger partial charge on any atom is -0.391 e. The van der Waals surface area contributed by atoms with Crippen molar-refractivity contribution < 1.29 is 10.2 Å². The van der Waals surface area contributed by atoms with Crippen molar-refractivity contribution in [1.82, 2.24) is 0 Å². The molecule has 0 aliphatic rings. The van der Waals surface area contributed by atoms with E-state index in [1.54, 1.807) is 0 Å². The van der Waals surface area contributed by atoms with Crippen LogP contribution in [0.4, 0.5) is 0 Å². The Balaban J connectivity index is 3.83. The fraction of sp³-hybridized carbons (Fsp3) is 0.500. The largest absolute Gasteiger partial charge is 0.391 e. The van der Waals surface area contributed by atoms with E-state index in [0.29, 0.717) is 4.48 Å². The van der Waals surface area contributed by atoms with Crippen LogP contribution in [0.15, 0.2) is 9.51 Å². The summed E-state index contributed by atoms with van der Waals surface area (Å²) in [5, 5.41) is 16.9. The molecule has 0 radical (unpaired) electrons. The number of hydrogen-bond donors (Lipinski definition) is 2. The predicted molar refractivity (Wildman–Crippen MR) is 36.0 cm³/mol. The van der Waals surface area contributed by atoms with Crippen molar-refractivity contribution in [3.8, 4) is 0 Å². The summed E-state index contributed by atoms with van der Waals surface area (Å²) in [6, 6.07) is 0. The van der Waals surface area contributed by atoms with Crippen molar-refractivity contribution in [1.29, 1.82) is 0 Å². The Labute approximate surface area is 60.9 Å². The Hall–Kier alpha value is 0.430. The Morgan fingerprint density at radius 3 is 2.00 bits per heavy atom. The zero-order valence-corrected chi connectivity index (χ0v) is 6.41. The summed E-state index contributed by atoms with van der Waals surface area (Å²) in [7, 11) is 0. The molecule has 2 nitrogen and oxygen atoms in total. The molecule has 4 heteroatoms. The molecule has 48 valence electrons. The van der Waals surface area contributed by atoms with Crippen LogP contribution in [0.5, 0.6) is 0 Å². The van der Waals surface area contributed by atoms with E-state index >= 15 is 0 Å². The van der Waals surface area contributed by atoms with Crippen LogP contribution in [-0.4, -0.2) is 23.4 Å². The molecule has 0 aliphatic carbocycles. The SMILES string of the molecule is OCC(Cl)=C(Br)CO. The van der Waals surface area contributed by atoms with Crippen LogP contribution < -0.4 is 0 Å². The van der Waals surface area contributed by atoms with E-state index < -0.39 is 0 Å². The molecule has 8 heavy (non-hydrogen) atoms. The second kappa shape index (κ2) is 4.32. The second-order valence-corrected chi connectivity index (χ2v) is 2.54. The van der Waals surface area contributed by atoms with Gasteiger partial charge in [-0.2, -0.15) is 0 Å². The molecular formula is C4H6BrClO2. The van der Waals surface area contributed by atoms with E-state index in [4.69, 9.17) is 21.8 Å². The standard InChI is InChI=1S/C4H6BrClO2/c5-3(1-7)4(6)2-8/h7-8H,1-2H2. The number of aliphatic hydroxyl groups is 2. The molecule has 0 saturated carbocycles. The number of aliphatic hydroxyl groups excluding tert-OH is 2. The zero-order chi connectivity index (χ0) is 6.57. The molecular weight excluding hydrogens is 195 g/mol. The van der Waals surface area contributed by atoms with E-state index in [1.807, 2.05) is 0 Å². The maximum Gasteiger partial charge on any atom is 0.0797 e. The highest BCUT2D eigenvalue weighted by molar-refractivity contribution is 9.11. The minimum absolute atomic E-state index is 0.167. The van der Waals surface area contributed by atoms with Crippen molar-refractivity contribution in [3.05, 3.63) is 9.51 Å². The Morgan fingerprint density at radius 1 is 1.38 bits per heavy atom. The van der Waals surface area contributed by atoms with Gasteiger partial charge in [0.15, 0.2) is 0 Å². The second-order valence-electron chi connectivity index (χ2n) is 1.13. The van der Waals surface area contributed by atoms with Gasteiger partial charge in [-0.3, -0.25) is 0 Å². The van der Waals surface area contributed by atoms with Crippen LogP contribution in [0.25, 0.3) is 0 Å². The molecule has 0 rings (SSSR count). The molecule has 0 amide bonds. The van der Waals surface area contributed by atoms with Crippen molar-refractivity contribution >= 4 is 27.5 Å². The summed E-state index contributed by atoms with van der Waals surface area (Å²) in [5.74, 6) is 0. The summed E-state index contributed by atoms with van der Waals surface area (Å²) in [5.41, 5.74) is 0. The molecule has 2 N–H and O–H groups in total. The molecule has 0 spiro atoms. The lowest BCUT2D eigenvalue weighted by Crippen LogP contribution is -1.88. The highest BCUT2D eigenvalue weighted by Crippen LogP contribution is 2.13. The summed E-state index contributed by atoms with van der Waals surface area (Å²) < 4.78 is 0.432. The zero-order valence-electron chi connectivity index (χ0n) is 4.06. The third-order valence-corrected chi connectivity index (χ3v) is 1.88. The van der Waals surface area contributed by atoms with Crippen LogP contribution in [-0.2, 0) is 0 Å². The summed E-state index contributed by atoms with van der Waals surface area (Å²) in [4.78, 5) is 0. The highest BCUT2D eigenvalue weighted by atomic mass is 79.9. The van der Waals surface area contributed by atoms with Gasteiger partial charge in [-0.1, -0.05) is 27.5 Å². The first-order valence-corrected chi connectivity index (χ1v) is 3.14. The Morgan fingerprint density at radius 2 is 1.88 bits per heavy atom. The lowest BCUT2D eigenvalue weighted by atomic mass is 10.5. The molecule has 0 fully saturated rings. The fourth-order valence-corrected chi connectivity index (χ4v) is 0.357. The van der Waals surface area contributed by atoms with Gasteiger partial charge in [0.1, 0.15) is 0 Å². The summed E-state index contributed by atoms with van der Waals surface area (Å²) in [6.07, 6.45) is 0. The third-order valence-electron chi connectivity index (χ3n) is 0.572. The van der Waals surface area contributed by atoms with Gasteiger partial charge in [-0.05, 0) is 0 Å². The topological polar surface area (TPSA) is 40.5 Å². The molecule has 0 aromatic carbocycles. The van der Waals surface area contributed by atoms with Gasteiger partial charge >= 0.3 is 0 Å². The summed E-state index contributed by atoms with van der Waals surface area (Å²) in [6.45, 7) is -0.401. The average molecular weight is 201 g/mol. The van der Waals surface area contributed by atoms with Crippen LogP contribution in [0, 0.1) is 0 Å². The lowest BCUT2D eigenvalue weighted by molar-refractivity contribution is 0.324. The Bertz CT molecular complexity index is 90.2. The predicted octanol–water partition coefficient (Wildman–Crippen LogP) is 0.816. The quantitative estimate of drug-likeness (QED) is 0.694. The van der Waals surface area contributed by atoms with E-state index in [9.17, 15) is 0 Å². The van der Waals surface area contributed by atoms with Gasteiger partial charge in [0.2, 0.25) is 0 Å². The average Bonchev–Trinajstić information content (AvgIpc) is 1.84. The van der Waals surface area contributed by atoms with Gasteiger partial charge in [0.25, 0.3) is 0 Å². The maximum atomic E-state index is 8.34. The molecule has 0 aromatic rings. The molecule has 0 atom stereocenters. The molecule has 0 aliphatic heterocycles. The van der Waals surface area contributed by atoms with Crippen molar-refractivity contribution in [3.63, 3.8) is 0 Å². The fourth-order valence-electron chi connectivity index (χ4n) is 0.172. The molecule has 0 bridgehead atoms. The maximum absolute atomic E-state index is 8.34. The van der Waals surface area contributed by atoms with Crippen molar-refractivity contribution in [2.24, 2.45) is 0 Å². The van der Waals surface area contributed by atoms with E-state index in [2.05, 4.69) is 15.9 Å². The van der Waals surface area contributed by atoms with Gasteiger partial charge in [-0.25, -0.2) is 0 Å². The summed E-state index contributed by atoms with van der Waals surface area (Å²) >= 11 is 8.28. The lowest BCUT2D eigenvalue weighted by Gasteiger charge is -1.93. The number of halogens is 2. The normalized spacial score (nSPS) is 13.5. The van der Waals surface area contributed by atoms with E-state index in [0.717, 1.165) is 0 Å². The molecule has 0 unspecified atom stereocenters. The number of rotatable bonds is 2. The van der Waals surface area contributed by atoms with Crippen LogP contribution in [0.3, 0.4) is 0 Å². The molecule has 0 aromatic heterocycles. The smallest absolute Gasteiger partial charge is 0.0797 e. The van der Waals surface area contributed by atoms with Gasteiger partial charge in [0.05, 0.1) is 18.2 Å². The van der Waals surface area contributed by atoms with Gasteiger partial charge in [0, 0.05) is 4.48 Å². The number of hydrogen-bond acceptors (Lipinski definition) is 2. The van der Waals surface area contributed by atoms with Crippen LogP contribution in [0.1, 0.15) is 0 Å². The third kappa shape index (κ3) is 2.67. The van der Waals surface area contributed by atoms with Crippen molar-refractivity contribution in [2.75, 3.05) is 13.2 Å². The van der Waals surface area contributed by atoms with Gasteiger partial charge in [-0.15, -0.1) is 0 Å². The molecule has 0 heterocycles. The molecule has 0 saturated heterocycles. The first-order valence-electron chi connectivity index (χ1n) is 1.97. The highest BCUT2D eigenvalue weighted by Gasteiger charge is 1.95. The van der Waals surface area contributed by atoms with Crippen molar-refractivity contribution in [2.45, 2.75) is 0 Å². The van der Waals surface area contributed by atoms with E-state index in [-0.39, 0.29) is 18.2 Å². The Kier molecular flexibility index (Phi) is 4.56. The first-order chi connectivity index (χ1) is 3.72. The first kappa shape index (κ1) is 8.43. The van der Waals surface area contributed by atoms with E-state index in [1.165, 1.54) is 0 Å². The minimum atomic E-state index is -0.233. The van der Waals surface area contributed by atoms with Crippen LogP contribution in [0.2, 0.25) is 0 Å². The van der Waals surface area contributed by atoms with Crippen LogP contribution >= 0.6 is 27.5 Å². The van der Waals surface area contributed by atoms with Gasteiger partial charge < -0.3 is 10.2 Å².